The van der Waals surface area contributed by atoms with Crippen molar-refractivity contribution in [3.05, 3.63) is 82.9 Å². The summed E-state index contributed by atoms with van der Waals surface area (Å²) in [6.45, 7) is 2.22. The Labute approximate surface area is 123 Å². The van der Waals surface area contributed by atoms with Crippen molar-refractivity contribution < 1.29 is 4.42 Å². The number of hydrogen-bond acceptors (Lipinski definition) is 1. The van der Waals surface area contributed by atoms with Crippen LogP contribution in [0.3, 0.4) is 0 Å². The van der Waals surface area contributed by atoms with Crippen molar-refractivity contribution in [1.82, 2.24) is 0 Å². The van der Waals surface area contributed by atoms with E-state index in [4.69, 9.17) is 4.42 Å². The highest BCUT2D eigenvalue weighted by Crippen LogP contribution is 2.28. The minimum absolute atomic E-state index is 0.156. The Balaban J connectivity index is 2.03. The van der Waals surface area contributed by atoms with E-state index in [9.17, 15) is 0 Å². The zero-order chi connectivity index (χ0) is 14.3. The second kappa shape index (κ2) is 4.49. The molecule has 1 atom stereocenters. The van der Waals surface area contributed by atoms with Crippen LogP contribution < -0.4 is 10.6 Å². The molecule has 0 spiro atoms. The molecule has 3 aromatic rings. The zero-order valence-electron chi connectivity index (χ0n) is 11.9. The van der Waals surface area contributed by atoms with Gasteiger partial charge >= 0.3 is 0 Å². The van der Waals surface area contributed by atoms with E-state index in [1.54, 1.807) is 0 Å². The Hall–Kier alpha value is -2.54. The van der Waals surface area contributed by atoms with Crippen molar-refractivity contribution in [1.29, 1.82) is 0 Å². The van der Waals surface area contributed by atoms with Crippen molar-refractivity contribution in [2.24, 2.45) is 0 Å². The molecule has 21 heavy (non-hydrogen) atoms. The van der Waals surface area contributed by atoms with Crippen molar-refractivity contribution in [3.63, 3.8) is 0 Å². The lowest BCUT2D eigenvalue weighted by atomic mass is 9.82. The minimum atomic E-state index is -0.156. The molecular weight excluding hydrogens is 256 g/mol. The second-order valence-electron chi connectivity index (χ2n) is 5.69. The second-order valence-corrected chi connectivity index (χ2v) is 5.69. The van der Waals surface area contributed by atoms with E-state index in [1.807, 2.05) is 18.2 Å². The Morgan fingerprint density at radius 1 is 0.905 bits per heavy atom. The molecule has 4 rings (SSSR count). The summed E-state index contributed by atoms with van der Waals surface area (Å²) in [4.78, 5) is 0. The number of benzene rings is 2. The normalized spacial score (nSPS) is 20.4. The third kappa shape index (κ3) is 1.93. The smallest absolute Gasteiger partial charge is 0.135 e. The molecule has 0 radical (unpaired) electrons. The Bertz CT molecular complexity index is 944. The first kappa shape index (κ1) is 12.2. The third-order valence-electron chi connectivity index (χ3n) is 4.19. The first-order valence-corrected chi connectivity index (χ1v) is 7.22. The third-order valence-corrected chi connectivity index (χ3v) is 4.19. The number of furan rings is 1. The molecule has 0 amide bonds. The largest absolute Gasteiger partial charge is 0.456 e. The molecule has 0 fully saturated rings. The van der Waals surface area contributed by atoms with Gasteiger partial charge in [-0.2, -0.15) is 0 Å². The van der Waals surface area contributed by atoms with Gasteiger partial charge in [-0.1, -0.05) is 66.8 Å². The molecule has 1 aliphatic carbocycles. The van der Waals surface area contributed by atoms with Gasteiger partial charge in [0, 0.05) is 16.0 Å². The fraction of sp³-hybridized carbons (Fsp3) is 0.100. The lowest BCUT2D eigenvalue weighted by molar-refractivity contribution is 0.568. The minimum Gasteiger partial charge on any atom is -0.456 e. The maximum Gasteiger partial charge on any atom is 0.135 e. The molecule has 0 saturated carbocycles. The van der Waals surface area contributed by atoms with Crippen LogP contribution in [0.15, 0.2) is 71.2 Å². The van der Waals surface area contributed by atoms with Gasteiger partial charge in [-0.15, -0.1) is 0 Å². The van der Waals surface area contributed by atoms with Crippen LogP contribution in [-0.4, -0.2) is 0 Å². The Morgan fingerprint density at radius 3 is 2.52 bits per heavy atom. The fourth-order valence-electron chi connectivity index (χ4n) is 3.00. The van der Waals surface area contributed by atoms with Crippen LogP contribution in [0.1, 0.15) is 12.5 Å². The molecule has 2 aromatic carbocycles. The van der Waals surface area contributed by atoms with Crippen LogP contribution in [0.4, 0.5) is 0 Å². The fourth-order valence-corrected chi connectivity index (χ4v) is 3.00. The highest BCUT2D eigenvalue weighted by Gasteiger charge is 2.22. The highest BCUT2D eigenvalue weighted by molar-refractivity contribution is 5.80. The summed E-state index contributed by atoms with van der Waals surface area (Å²) in [5.74, 6) is 0. The van der Waals surface area contributed by atoms with E-state index < -0.39 is 0 Å². The summed E-state index contributed by atoms with van der Waals surface area (Å²) in [7, 11) is 0. The van der Waals surface area contributed by atoms with Crippen molar-refractivity contribution in [3.8, 4) is 0 Å². The number of fused-ring (bicyclic) bond motifs is 3. The predicted octanol–water partition coefficient (Wildman–Crippen LogP) is 3.52. The van der Waals surface area contributed by atoms with Gasteiger partial charge in [0.15, 0.2) is 0 Å². The summed E-state index contributed by atoms with van der Waals surface area (Å²) in [5, 5.41) is 2.34. The summed E-state index contributed by atoms with van der Waals surface area (Å²) in [5.41, 5.74) is 3.01. The van der Waals surface area contributed by atoms with Crippen LogP contribution in [0.2, 0.25) is 0 Å². The summed E-state index contributed by atoms with van der Waals surface area (Å²) < 4.78 is 6.06. The molecule has 1 aromatic heterocycles. The van der Waals surface area contributed by atoms with Gasteiger partial charge in [-0.25, -0.2) is 0 Å². The standard InChI is InChI=1S/C20H16O/c1-20(15-8-3-2-4-9-15)13-7-11-17-16-10-5-6-12-18(16)21-19(17)14-20/h2-14H,1H3. The molecule has 1 heterocycles. The SMILES string of the molecule is CC1(c2ccccc2)C=CC=c2c(oc3ccccc23)=C1. The van der Waals surface area contributed by atoms with Crippen LogP contribution >= 0.6 is 0 Å². The van der Waals surface area contributed by atoms with Crippen molar-refractivity contribution >= 4 is 23.1 Å². The van der Waals surface area contributed by atoms with Gasteiger partial charge in [0.25, 0.3) is 0 Å². The van der Waals surface area contributed by atoms with E-state index in [0.717, 1.165) is 11.0 Å². The molecule has 1 unspecified atom stereocenters. The highest BCUT2D eigenvalue weighted by atomic mass is 16.3. The molecule has 102 valence electrons. The Kier molecular flexibility index (Phi) is 2.61. The average Bonchev–Trinajstić information content (AvgIpc) is 2.76. The van der Waals surface area contributed by atoms with Gasteiger partial charge < -0.3 is 4.42 Å². The predicted molar refractivity (Wildman–Crippen MR) is 87.3 cm³/mol. The van der Waals surface area contributed by atoms with E-state index in [-0.39, 0.29) is 5.41 Å². The van der Waals surface area contributed by atoms with Gasteiger partial charge in [0.2, 0.25) is 0 Å². The number of hydrogen-bond donors (Lipinski definition) is 0. The maximum absolute atomic E-state index is 6.06. The number of para-hydroxylation sites is 1. The van der Waals surface area contributed by atoms with E-state index in [0.29, 0.717) is 0 Å². The summed E-state index contributed by atoms with van der Waals surface area (Å²) in [6.07, 6.45) is 8.73. The maximum atomic E-state index is 6.06. The molecule has 0 saturated heterocycles. The molecule has 0 aliphatic heterocycles. The van der Waals surface area contributed by atoms with E-state index in [2.05, 4.69) is 67.6 Å². The van der Waals surface area contributed by atoms with Crippen LogP contribution in [0.5, 0.6) is 0 Å². The van der Waals surface area contributed by atoms with Gasteiger partial charge in [0.1, 0.15) is 11.0 Å². The van der Waals surface area contributed by atoms with Crippen LogP contribution in [0.25, 0.3) is 23.1 Å². The van der Waals surface area contributed by atoms with E-state index in [1.165, 1.54) is 16.2 Å². The number of allylic oxidation sites excluding steroid dienone is 2. The molecular formula is C20H16O. The van der Waals surface area contributed by atoms with Crippen LogP contribution in [-0.2, 0) is 5.41 Å². The Morgan fingerprint density at radius 2 is 1.67 bits per heavy atom. The van der Waals surface area contributed by atoms with Gasteiger partial charge in [-0.3, -0.25) is 0 Å². The molecule has 0 bridgehead atoms. The zero-order valence-corrected chi connectivity index (χ0v) is 11.9. The lowest BCUT2D eigenvalue weighted by Gasteiger charge is -2.21. The quantitative estimate of drug-likeness (QED) is 0.660. The summed E-state index contributed by atoms with van der Waals surface area (Å²) >= 11 is 0. The first-order chi connectivity index (χ1) is 10.3. The number of rotatable bonds is 1. The van der Waals surface area contributed by atoms with Gasteiger partial charge in [0.05, 0.1) is 0 Å². The monoisotopic (exact) mass is 272 g/mol. The van der Waals surface area contributed by atoms with Crippen LogP contribution in [0, 0.1) is 0 Å². The molecule has 1 aliphatic rings. The first-order valence-electron chi connectivity index (χ1n) is 7.22. The topological polar surface area (TPSA) is 13.1 Å². The van der Waals surface area contributed by atoms with E-state index >= 15 is 0 Å². The molecule has 1 heteroatoms. The molecule has 0 N–H and O–H groups in total. The summed E-state index contributed by atoms with van der Waals surface area (Å²) in [6, 6.07) is 18.7. The molecule has 1 nitrogen and oxygen atoms in total. The van der Waals surface area contributed by atoms with Gasteiger partial charge in [-0.05, 0) is 24.6 Å². The van der Waals surface area contributed by atoms with Crippen molar-refractivity contribution in [2.45, 2.75) is 12.3 Å². The van der Waals surface area contributed by atoms with Crippen molar-refractivity contribution in [2.75, 3.05) is 0 Å². The average molecular weight is 272 g/mol. The lowest BCUT2D eigenvalue weighted by Crippen LogP contribution is -2.25.